The molecular weight excluding hydrogens is 324 g/mol. The minimum Gasteiger partial charge on any atom is -0.326 e. The molecule has 2 aliphatic heterocycles. The van der Waals surface area contributed by atoms with Crippen molar-refractivity contribution in [3.05, 3.63) is 33.8 Å². The zero-order valence-corrected chi connectivity index (χ0v) is 12.3. The Balaban J connectivity index is 1.91. The second-order valence-electron chi connectivity index (χ2n) is 4.99. The summed E-state index contributed by atoms with van der Waals surface area (Å²) in [7, 11) is 0. The molecule has 1 aromatic rings. The molecule has 5 nitrogen and oxygen atoms in total. The smallest absolute Gasteiger partial charge is 0.255 e. The number of rotatable bonds is 1. The van der Waals surface area contributed by atoms with Crippen LogP contribution in [0.25, 0.3) is 0 Å². The Labute approximate surface area is 124 Å². The van der Waals surface area contributed by atoms with Gasteiger partial charge in [0.25, 0.3) is 5.91 Å². The van der Waals surface area contributed by atoms with Gasteiger partial charge in [0.15, 0.2) is 0 Å². The first-order chi connectivity index (χ1) is 9.58. The third kappa shape index (κ3) is 2.14. The number of hydrogen-bond acceptors (Lipinski definition) is 3. The van der Waals surface area contributed by atoms with Crippen molar-refractivity contribution in [1.82, 2.24) is 10.2 Å². The first kappa shape index (κ1) is 13.3. The van der Waals surface area contributed by atoms with Crippen LogP contribution in [0.1, 0.15) is 28.8 Å². The van der Waals surface area contributed by atoms with Crippen LogP contribution in [-0.4, -0.2) is 35.2 Å². The number of nitrogens with zero attached hydrogens (tertiary/aromatic N) is 1. The van der Waals surface area contributed by atoms with Gasteiger partial charge in [0.05, 0.1) is 5.56 Å². The van der Waals surface area contributed by atoms with Crippen molar-refractivity contribution >= 4 is 33.7 Å². The Bertz CT molecular complexity index is 614. The lowest BCUT2D eigenvalue weighted by Gasteiger charge is -2.36. The molecule has 0 radical (unpaired) electrons. The van der Waals surface area contributed by atoms with Gasteiger partial charge in [-0.15, -0.1) is 0 Å². The lowest BCUT2D eigenvalue weighted by Crippen LogP contribution is -2.56. The van der Waals surface area contributed by atoms with E-state index in [9.17, 15) is 14.4 Å². The fraction of sp³-hybridized carbons (Fsp3) is 0.357. The van der Waals surface area contributed by atoms with Crippen molar-refractivity contribution in [3.8, 4) is 0 Å². The molecule has 0 aliphatic carbocycles. The molecule has 1 saturated heterocycles. The lowest BCUT2D eigenvalue weighted by molar-refractivity contribution is -0.136. The number of hydrogen-bond donors (Lipinski definition) is 1. The third-order valence-corrected chi connectivity index (χ3v) is 4.44. The molecule has 1 aromatic carbocycles. The van der Waals surface area contributed by atoms with Crippen molar-refractivity contribution in [2.75, 3.05) is 6.54 Å². The monoisotopic (exact) mass is 336 g/mol. The summed E-state index contributed by atoms with van der Waals surface area (Å²) in [6.07, 6.45) is 1.40. The van der Waals surface area contributed by atoms with Crippen LogP contribution in [0.5, 0.6) is 0 Å². The summed E-state index contributed by atoms with van der Waals surface area (Å²) in [5.74, 6) is -0.782. The Morgan fingerprint density at radius 3 is 2.75 bits per heavy atom. The number of benzene rings is 1. The highest BCUT2D eigenvalue weighted by atomic mass is 79.9. The quantitative estimate of drug-likeness (QED) is 0.785. The van der Waals surface area contributed by atoms with Crippen LogP contribution in [0.2, 0.25) is 0 Å². The predicted octanol–water partition coefficient (Wildman–Crippen LogP) is 1.25. The molecule has 2 aliphatic rings. The molecule has 0 saturated carbocycles. The van der Waals surface area contributed by atoms with E-state index in [0.717, 1.165) is 16.5 Å². The van der Waals surface area contributed by atoms with Crippen molar-refractivity contribution in [1.29, 1.82) is 0 Å². The topological polar surface area (TPSA) is 66.5 Å². The van der Waals surface area contributed by atoms with E-state index < -0.39 is 6.04 Å². The van der Waals surface area contributed by atoms with Crippen LogP contribution in [-0.2, 0) is 16.0 Å². The average molecular weight is 337 g/mol. The molecule has 104 valence electrons. The third-order valence-electron chi connectivity index (χ3n) is 3.78. The van der Waals surface area contributed by atoms with Crippen LogP contribution < -0.4 is 5.32 Å². The maximum absolute atomic E-state index is 12.6. The standard InChI is InChI=1S/C14H13BrN2O3/c15-9-3-1-2-8-6-7-17(14(20)12(8)9)10-4-5-11(18)16-13(10)19/h1-3,10H,4-7H2,(H,16,18,19). The van der Waals surface area contributed by atoms with Gasteiger partial charge < -0.3 is 4.90 Å². The molecular formula is C14H13BrN2O3. The molecule has 1 atom stereocenters. The van der Waals surface area contributed by atoms with Crippen molar-refractivity contribution in [2.24, 2.45) is 0 Å². The van der Waals surface area contributed by atoms with Crippen molar-refractivity contribution in [3.63, 3.8) is 0 Å². The number of piperidine rings is 1. The molecule has 0 aromatic heterocycles. The van der Waals surface area contributed by atoms with Gasteiger partial charge >= 0.3 is 0 Å². The highest BCUT2D eigenvalue weighted by Gasteiger charge is 2.37. The van der Waals surface area contributed by atoms with E-state index in [1.165, 1.54) is 0 Å². The Morgan fingerprint density at radius 1 is 1.20 bits per heavy atom. The van der Waals surface area contributed by atoms with Crippen LogP contribution in [0.3, 0.4) is 0 Å². The van der Waals surface area contributed by atoms with Gasteiger partial charge in [-0.25, -0.2) is 0 Å². The molecule has 1 unspecified atom stereocenters. The molecule has 0 spiro atoms. The molecule has 1 fully saturated rings. The SMILES string of the molecule is O=C1CCC(N2CCc3cccc(Br)c3C2=O)C(=O)N1. The molecule has 3 amide bonds. The Hall–Kier alpha value is -1.69. The van der Waals surface area contributed by atoms with Crippen LogP contribution in [0.4, 0.5) is 0 Å². The van der Waals surface area contributed by atoms with Crippen LogP contribution >= 0.6 is 15.9 Å². The fourth-order valence-electron chi connectivity index (χ4n) is 2.78. The van der Waals surface area contributed by atoms with Gasteiger partial charge in [-0.3, -0.25) is 19.7 Å². The molecule has 2 heterocycles. The summed E-state index contributed by atoms with van der Waals surface area (Å²) in [6.45, 7) is 0.508. The van der Waals surface area contributed by atoms with Crippen molar-refractivity contribution < 1.29 is 14.4 Å². The van der Waals surface area contributed by atoms with Gasteiger partial charge in [0.2, 0.25) is 11.8 Å². The summed E-state index contributed by atoms with van der Waals surface area (Å²) in [5.41, 5.74) is 1.62. The second-order valence-corrected chi connectivity index (χ2v) is 5.84. The Kier molecular flexibility index (Phi) is 3.33. The lowest BCUT2D eigenvalue weighted by atomic mass is 9.95. The zero-order valence-electron chi connectivity index (χ0n) is 10.7. The molecule has 0 bridgehead atoms. The minimum atomic E-state index is -0.541. The number of imide groups is 1. The highest BCUT2D eigenvalue weighted by molar-refractivity contribution is 9.10. The summed E-state index contributed by atoms with van der Waals surface area (Å²) in [4.78, 5) is 37.3. The largest absolute Gasteiger partial charge is 0.326 e. The Morgan fingerprint density at radius 2 is 2.00 bits per heavy atom. The number of amides is 3. The summed E-state index contributed by atoms with van der Waals surface area (Å²) in [6, 6.07) is 5.11. The average Bonchev–Trinajstić information content (AvgIpc) is 2.40. The van der Waals surface area contributed by atoms with Crippen LogP contribution in [0, 0.1) is 0 Å². The van der Waals surface area contributed by atoms with E-state index in [1.807, 2.05) is 18.2 Å². The normalized spacial score (nSPS) is 22.6. The van der Waals surface area contributed by atoms with Gasteiger partial charge in [0.1, 0.15) is 6.04 Å². The molecule has 1 N–H and O–H groups in total. The molecule has 6 heteroatoms. The number of carbonyl (C=O) groups is 3. The first-order valence-electron chi connectivity index (χ1n) is 6.50. The maximum Gasteiger partial charge on any atom is 0.255 e. The van der Waals surface area contributed by atoms with Gasteiger partial charge in [-0.1, -0.05) is 12.1 Å². The maximum atomic E-state index is 12.6. The van der Waals surface area contributed by atoms with E-state index in [2.05, 4.69) is 21.2 Å². The molecule has 20 heavy (non-hydrogen) atoms. The molecule has 3 rings (SSSR count). The van der Waals surface area contributed by atoms with Gasteiger partial charge in [-0.2, -0.15) is 0 Å². The predicted molar refractivity (Wildman–Crippen MR) is 75.1 cm³/mol. The summed E-state index contributed by atoms with van der Waals surface area (Å²) in [5, 5.41) is 2.30. The minimum absolute atomic E-state index is 0.145. The van der Waals surface area contributed by atoms with E-state index in [-0.39, 0.29) is 24.1 Å². The number of halogens is 1. The van der Waals surface area contributed by atoms with Gasteiger partial charge in [0, 0.05) is 17.4 Å². The highest BCUT2D eigenvalue weighted by Crippen LogP contribution is 2.28. The number of fused-ring (bicyclic) bond motifs is 1. The number of nitrogens with one attached hydrogen (secondary N) is 1. The summed E-state index contributed by atoms with van der Waals surface area (Å²) < 4.78 is 0.747. The van der Waals surface area contributed by atoms with E-state index >= 15 is 0 Å². The second kappa shape index (κ2) is 5.01. The zero-order chi connectivity index (χ0) is 14.3. The first-order valence-corrected chi connectivity index (χ1v) is 7.29. The van der Waals surface area contributed by atoms with E-state index in [1.54, 1.807) is 4.90 Å². The fourth-order valence-corrected chi connectivity index (χ4v) is 3.36. The number of carbonyl (C=O) groups excluding carboxylic acids is 3. The van der Waals surface area contributed by atoms with Crippen molar-refractivity contribution in [2.45, 2.75) is 25.3 Å². The summed E-state index contributed by atoms with van der Waals surface area (Å²) >= 11 is 3.40. The van der Waals surface area contributed by atoms with Gasteiger partial charge in [-0.05, 0) is 40.4 Å². The van der Waals surface area contributed by atoms with Crippen LogP contribution in [0.15, 0.2) is 22.7 Å². The van der Waals surface area contributed by atoms with E-state index in [4.69, 9.17) is 0 Å². The van der Waals surface area contributed by atoms with E-state index in [0.29, 0.717) is 18.5 Å².